The van der Waals surface area contributed by atoms with Crippen molar-refractivity contribution in [1.29, 1.82) is 10.5 Å². The maximum atomic E-state index is 13.2. The van der Waals surface area contributed by atoms with Gasteiger partial charge in [0.2, 0.25) is 5.91 Å². The van der Waals surface area contributed by atoms with E-state index in [0.29, 0.717) is 30.8 Å². The minimum atomic E-state index is -0.736. The van der Waals surface area contributed by atoms with Crippen LogP contribution in [0.1, 0.15) is 45.6 Å². The van der Waals surface area contributed by atoms with Crippen molar-refractivity contribution in [2.75, 3.05) is 18.4 Å². The lowest BCUT2D eigenvalue weighted by molar-refractivity contribution is -0.135. The van der Waals surface area contributed by atoms with Crippen LogP contribution in [0, 0.1) is 22.7 Å². The molecule has 0 spiro atoms. The van der Waals surface area contributed by atoms with Gasteiger partial charge in [-0.25, -0.2) is 9.78 Å². The Morgan fingerprint density at radius 1 is 1.30 bits per heavy atom. The molecule has 2 aliphatic rings. The zero-order valence-electron chi connectivity index (χ0n) is 17.5. The predicted octanol–water partition coefficient (Wildman–Crippen LogP) is 2.26. The average molecular weight is 410 g/mol. The zero-order chi connectivity index (χ0) is 21.9. The minimum absolute atomic E-state index is 0.234. The van der Waals surface area contributed by atoms with Crippen molar-refractivity contribution >= 4 is 17.8 Å². The molecule has 9 heteroatoms. The molecule has 0 aliphatic carbocycles. The monoisotopic (exact) mass is 410 g/mol. The van der Waals surface area contributed by atoms with Crippen molar-refractivity contribution in [3.63, 3.8) is 0 Å². The molecule has 3 rings (SSSR count). The molecule has 1 N–H and O–H groups in total. The summed E-state index contributed by atoms with van der Waals surface area (Å²) in [4.78, 5) is 33.3. The van der Waals surface area contributed by atoms with Crippen molar-refractivity contribution in [2.45, 2.75) is 63.8 Å². The third-order valence-corrected chi connectivity index (χ3v) is 5.17. The van der Waals surface area contributed by atoms with Crippen LogP contribution in [0.25, 0.3) is 0 Å². The van der Waals surface area contributed by atoms with Crippen molar-refractivity contribution in [3.8, 4) is 12.1 Å². The summed E-state index contributed by atoms with van der Waals surface area (Å²) in [5.41, 5.74) is -0.311. The topological polar surface area (TPSA) is 122 Å². The summed E-state index contributed by atoms with van der Waals surface area (Å²) in [6, 6.07) is 6.10. The van der Waals surface area contributed by atoms with Crippen LogP contribution in [-0.2, 0) is 9.53 Å². The normalized spacial score (nSPS) is 23.6. The van der Waals surface area contributed by atoms with E-state index in [4.69, 9.17) is 4.74 Å². The molecule has 158 valence electrons. The second kappa shape index (κ2) is 8.58. The zero-order valence-corrected chi connectivity index (χ0v) is 17.5. The quantitative estimate of drug-likeness (QED) is 0.811. The Balaban J connectivity index is 1.82. The smallest absolute Gasteiger partial charge is 0.411 e. The van der Waals surface area contributed by atoms with Crippen molar-refractivity contribution < 1.29 is 14.3 Å². The van der Waals surface area contributed by atoms with E-state index in [-0.39, 0.29) is 18.5 Å². The van der Waals surface area contributed by atoms with E-state index in [1.807, 2.05) is 0 Å². The third kappa shape index (κ3) is 4.62. The molecule has 3 heterocycles. The number of nitrogens with one attached hydrogen (secondary N) is 1. The molecule has 0 saturated carbocycles. The highest BCUT2D eigenvalue weighted by atomic mass is 16.6. The van der Waals surface area contributed by atoms with Gasteiger partial charge in [0.05, 0.1) is 11.6 Å². The van der Waals surface area contributed by atoms with Gasteiger partial charge in [0.25, 0.3) is 0 Å². The summed E-state index contributed by atoms with van der Waals surface area (Å²) >= 11 is 0. The number of nitriles is 2. The van der Waals surface area contributed by atoms with Gasteiger partial charge in [0.15, 0.2) is 0 Å². The van der Waals surface area contributed by atoms with Gasteiger partial charge in [-0.05, 0) is 52.2 Å². The first-order chi connectivity index (χ1) is 14.2. The van der Waals surface area contributed by atoms with Gasteiger partial charge in [-0.2, -0.15) is 10.5 Å². The summed E-state index contributed by atoms with van der Waals surface area (Å²) in [5, 5.41) is 21.8. The van der Waals surface area contributed by atoms with Crippen LogP contribution in [-0.4, -0.2) is 63.6 Å². The molecule has 1 aromatic rings. The maximum absolute atomic E-state index is 13.2. The fourth-order valence-corrected chi connectivity index (χ4v) is 3.86. The molecule has 0 radical (unpaired) electrons. The Bertz CT molecular complexity index is 897. The fraction of sp³-hybridized carbons (Fsp3) is 0.571. The van der Waals surface area contributed by atoms with Crippen molar-refractivity contribution in [1.82, 2.24) is 14.8 Å². The molecular weight excluding hydrogens is 384 g/mol. The second-order valence-electron chi connectivity index (χ2n) is 8.56. The number of carbonyl (C=O) groups is 2. The van der Waals surface area contributed by atoms with Crippen LogP contribution in [0.5, 0.6) is 0 Å². The van der Waals surface area contributed by atoms with Gasteiger partial charge < -0.3 is 15.0 Å². The fourth-order valence-electron chi connectivity index (χ4n) is 3.86. The van der Waals surface area contributed by atoms with Gasteiger partial charge in [-0.15, -0.1) is 0 Å². The first-order valence-electron chi connectivity index (χ1n) is 10.0. The minimum Gasteiger partial charge on any atom is -0.444 e. The number of rotatable bonds is 3. The molecule has 2 amide bonds. The molecule has 2 fully saturated rings. The standard InChI is InChI=1S/C21H26N6O3/c1-21(2,3)30-20(29)27-13-15(25-18-14(11-22)6-4-8-24-18)10-17(27)19(28)26-9-5-7-16(26)12-23/h4,6,8,15-17H,5,7,9-10,13H2,1-3H3,(H,24,25)/t15-,16-,17-/m0/s1. The summed E-state index contributed by atoms with van der Waals surface area (Å²) in [7, 11) is 0. The number of hydrogen-bond acceptors (Lipinski definition) is 7. The van der Waals surface area contributed by atoms with E-state index < -0.39 is 23.8 Å². The number of anilines is 1. The summed E-state index contributed by atoms with van der Waals surface area (Å²) < 4.78 is 5.52. The van der Waals surface area contributed by atoms with E-state index in [0.717, 1.165) is 6.42 Å². The number of nitrogens with zero attached hydrogens (tertiary/aromatic N) is 5. The first-order valence-corrected chi connectivity index (χ1v) is 10.0. The Hall–Kier alpha value is -3.33. The summed E-state index contributed by atoms with van der Waals surface area (Å²) in [6.07, 6.45) is 2.76. The van der Waals surface area contributed by atoms with Gasteiger partial charge >= 0.3 is 6.09 Å². The van der Waals surface area contributed by atoms with E-state index in [1.54, 1.807) is 44.0 Å². The van der Waals surface area contributed by atoms with E-state index in [9.17, 15) is 20.1 Å². The van der Waals surface area contributed by atoms with E-state index in [2.05, 4.69) is 22.4 Å². The number of aromatic nitrogens is 1. The molecule has 30 heavy (non-hydrogen) atoms. The molecule has 2 saturated heterocycles. The van der Waals surface area contributed by atoms with Crippen LogP contribution in [0.3, 0.4) is 0 Å². The Kier molecular flexibility index (Phi) is 6.12. The van der Waals surface area contributed by atoms with Crippen LogP contribution in [0.2, 0.25) is 0 Å². The lowest BCUT2D eigenvalue weighted by Gasteiger charge is -2.30. The predicted molar refractivity (Wildman–Crippen MR) is 108 cm³/mol. The lowest BCUT2D eigenvalue weighted by Crippen LogP contribution is -2.50. The summed E-state index contributed by atoms with van der Waals surface area (Å²) in [5.74, 6) is 0.175. The number of hydrogen-bond donors (Lipinski definition) is 1. The molecular formula is C21H26N6O3. The maximum Gasteiger partial charge on any atom is 0.411 e. The van der Waals surface area contributed by atoms with Crippen LogP contribution in [0.4, 0.5) is 10.6 Å². The first kappa shape index (κ1) is 21.4. The highest BCUT2D eigenvalue weighted by molar-refractivity contribution is 5.87. The number of amides is 2. The molecule has 0 unspecified atom stereocenters. The number of pyridine rings is 1. The van der Waals surface area contributed by atoms with Crippen molar-refractivity contribution in [3.05, 3.63) is 23.9 Å². The molecule has 2 aliphatic heterocycles. The number of carbonyl (C=O) groups excluding carboxylic acids is 2. The molecule has 3 atom stereocenters. The number of likely N-dealkylation sites (tertiary alicyclic amines) is 2. The highest BCUT2D eigenvalue weighted by Crippen LogP contribution is 2.28. The molecule has 0 aromatic carbocycles. The Morgan fingerprint density at radius 3 is 2.73 bits per heavy atom. The average Bonchev–Trinajstić information content (AvgIpc) is 3.33. The Labute approximate surface area is 176 Å². The largest absolute Gasteiger partial charge is 0.444 e. The highest BCUT2D eigenvalue weighted by Gasteiger charge is 2.45. The van der Waals surface area contributed by atoms with Crippen LogP contribution >= 0.6 is 0 Å². The van der Waals surface area contributed by atoms with Crippen molar-refractivity contribution in [2.24, 2.45) is 0 Å². The van der Waals surface area contributed by atoms with Gasteiger partial charge in [0, 0.05) is 25.3 Å². The van der Waals surface area contributed by atoms with Crippen LogP contribution < -0.4 is 5.32 Å². The van der Waals surface area contributed by atoms with Gasteiger partial charge in [-0.1, -0.05) is 0 Å². The molecule has 9 nitrogen and oxygen atoms in total. The number of ether oxygens (including phenoxy) is 1. The summed E-state index contributed by atoms with van der Waals surface area (Å²) in [6.45, 7) is 6.05. The third-order valence-electron chi connectivity index (χ3n) is 5.17. The van der Waals surface area contributed by atoms with Gasteiger partial charge in [0.1, 0.15) is 29.6 Å². The molecule has 1 aromatic heterocycles. The Morgan fingerprint density at radius 2 is 2.07 bits per heavy atom. The van der Waals surface area contributed by atoms with E-state index >= 15 is 0 Å². The molecule has 0 bridgehead atoms. The van der Waals surface area contributed by atoms with Crippen LogP contribution in [0.15, 0.2) is 18.3 Å². The van der Waals surface area contributed by atoms with Gasteiger partial charge in [-0.3, -0.25) is 9.69 Å². The lowest BCUT2D eigenvalue weighted by atomic mass is 10.1. The van der Waals surface area contributed by atoms with E-state index in [1.165, 1.54) is 4.90 Å². The SMILES string of the molecule is CC(C)(C)OC(=O)N1C[C@@H](Nc2ncccc2C#N)C[C@H]1C(=O)N1CCC[C@H]1C#N. The second-order valence-corrected chi connectivity index (χ2v) is 8.56.